The summed E-state index contributed by atoms with van der Waals surface area (Å²) in [7, 11) is 0. The van der Waals surface area contributed by atoms with Crippen LogP contribution in [0.1, 0.15) is 23.2 Å². The molecule has 1 aromatic rings. The summed E-state index contributed by atoms with van der Waals surface area (Å²) in [5.41, 5.74) is 0.264. The fourth-order valence-electron chi connectivity index (χ4n) is 2.18. The van der Waals surface area contributed by atoms with Crippen LogP contribution in [0.5, 0.6) is 0 Å². The van der Waals surface area contributed by atoms with Gasteiger partial charge in [0.05, 0.1) is 5.56 Å². The van der Waals surface area contributed by atoms with Crippen molar-refractivity contribution < 1.29 is 15.0 Å². The summed E-state index contributed by atoms with van der Waals surface area (Å²) in [6, 6.07) is 3.09. The molecule has 0 radical (unpaired) electrons. The lowest BCUT2D eigenvalue weighted by Crippen LogP contribution is -2.21. The van der Waals surface area contributed by atoms with E-state index in [-0.39, 0.29) is 12.2 Å². The van der Waals surface area contributed by atoms with Gasteiger partial charge in [0.2, 0.25) is 0 Å². The Labute approximate surface area is 99.7 Å². The Balaban J connectivity index is 2.08. The molecular weight excluding hydrogens is 220 g/mol. The number of carboxylic acid groups (broad SMARTS) is 1. The van der Waals surface area contributed by atoms with E-state index in [0.29, 0.717) is 11.7 Å². The molecular formula is C12H16N2O3. The number of aromatic carboxylic acids is 1. The van der Waals surface area contributed by atoms with Crippen molar-refractivity contribution >= 4 is 11.8 Å². The van der Waals surface area contributed by atoms with E-state index in [9.17, 15) is 4.79 Å². The minimum atomic E-state index is -0.931. The molecule has 0 aromatic carbocycles. The predicted octanol–water partition coefficient (Wildman–Crippen LogP) is 0.988. The molecule has 1 fully saturated rings. The van der Waals surface area contributed by atoms with Crippen molar-refractivity contribution in [1.82, 2.24) is 4.98 Å². The average Bonchev–Trinajstić information content (AvgIpc) is 2.78. The van der Waals surface area contributed by atoms with Crippen molar-refractivity contribution in [2.45, 2.75) is 12.8 Å². The highest BCUT2D eigenvalue weighted by atomic mass is 16.4. The molecule has 0 saturated carbocycles. The Kier molecular flexibility index (Phi) is 3.58. The van der Waals surface area contributed by atoms with Gasteiger partial charge < -0.3 is 15.1 Å². The van der Waals surface area contributed by atoms with Gasteiger partial charge in [-0.25, -0.2) is 9.78 Å². The summed E-state index contributed by atoms with van der Waals surface area (Å²) in [6.07, 6.45) is 3.35. The van der Waals surface area contributed by atoms with Gasteiger partial charge in [-0.2, -0.15) is 0 Å². The van der Waals surface area contributed by atoms with Gasteiger partial charge in [-0.05, 0) is 30.9 Å². The van der Waals surface area contributed by atoms with Crippen LogP contribution in [0.3, 0.4) is 0 Å². The third-order valence-corrected chi connectivity index (χ3v) is 3.14. The van der Waals surface area contributed by atoms with Gasteiger partial charge in [-0.3, -0.25) is 0 Å². The van der Waals surface area contributed by atoms with Crippen LogP contribution in [0.4, 0.5) is 5.82 Å². The van der Waals surface area contributed by atoms with Crippen LogP contribution >= 0.6 is 0 Å². The molecule has 1 aliphatic rings. The van der Waals surface area contributed by atoms with Crippen LogP contribution in [0.15, 0.2) is 18.3 Å². The summed E-state index contributed by atoms with van der Waals surface area (Å²) >= 11 is 0. The van der Waals surface area contributed by atoms with Crippen molar-refractivity contribution in [3.63, 3.8) is 0 Å². The van der Waals surface area contributed by atoms with Gasteiger partial charge in [-0.1, -0.05) is 0 Å². The van der Waals surface area contributed by atoms with Gasteiger partial charge in [0.15, 0.2) is 0 Å². The Morgan fingerprint density at radius 3 is 3.12 bits per heavy atom. The molecule has 0 amide bonds. The topological polar surface area (TPSA) is 73.7 Å². The molecule has 0 bridgehead atoms. The maximum Gasteiger partial charge on any atom is 0.335 e. The molecule has 17 heavy (non-hydrogen) atoms. The number of aliphatic hydroxyl groups excluding tert-OH is 1. The van der Waals surface area contributed by atoms with Crippen molar-refractivity contribution in [1.29, 1.82) is 0 Å². The zero-order chi connectivity index (χ0) is 12.3. The van der Waals surface area contributed by atoms with Gasteiger partial charge in [-0.15, -0.1) is 0 Å². The monoisotopic (exact) mass is 236 g/mol. The Morgan fingerprint density at radius 1 is 1.59 bits per heavy atom. The minimum Gasteiger partial charge on any atom is -0.478 e. The quantitative estimate of drug-likeness (QED) is 0.815. The maximum absolute atomic E-state index is 10.9. The number of hydrogen-bond acceptors (Lipinski definition) is 4. The first-order valence-electron chi connectivity index (χ1n) is 5.76. The molecule has 92 valence electrons. The van der Waals surface area contributed by atoms with E-state index in [0.717, 1.165) is 25.9 Å². The second kappa shape index (κ2) is 5.14. The SMILES string of the molecule is O=C(O)c1ccnc(N2CCC(CCO)C2)c1. The fraction of sp³-hybridized carbons (Fsp3) is 0.500. The van der Waals surface area contributed by atoms with Crippen LogP contribution < -0.4 is 4.90 Å². The minimum absolute atomic E-state index is 0.209. The molecule has 0 spiro atoms. The van der Waals surface area contributed by atoms with Crippen molar-refractivity contribution in [3.05, 3.63) is 23.9 Å². The fourth-order valence-corrected chi connectivity index (χ4v) is 2.18. The summed E-state index contributed by atoms with van der Waals surface area (Å²) < 4.78 is 0. The normalized spacial score (nSPS) is 19.6. The molecule has 1 aliphatic heterocycles. The number of aromatic nitrogens is 1. The van der Waals surface area contributed by atoms with E-state index in [2.05, 4.69) is 9.88 Å². The number of anilines is 1. The van der Waals surface area contributed by atoms with E-state index in [1.807, 2.05) is 0 Å². The highest BCUT2D eigenvalue weighted by Crippen LogP contribution is 2.24. The largest absolute Gasteiger partial charge is 0.478 e. The number of hydrogen-bond donors (Lipinski definition) is 2. The Hall–Kier alpha value is -1.62. The Bertz CT molecular complexity index is 408. The van der Waals surface area contributed by atoms with Gasteiger partial charge >= 0.3 is 5.97 Å². The van der Waals surface area contributed by atoms with E-state index >= 15 is 0 Å². The van der Waals surface area contributed by atoms with Crippen LogP contribution in [0, 0.1) is 5.92 Å². The zero-order valence-corrected chi connectivity index (χ0v) is 9.54. The van der Waals surface area contributed by atoms with E-state index in [1.54, 1.807) is 6.07 Å². The number of carbonyl (C=O) groups is 1. The predicted molar refractivity (Wildman–Crippen MR) is 63.2 cm³/mol. The van der Waals surface area contributed by atoms with Crippen LogP contribution in [-0.2, 0) is 0 Å². The van der Waals surface area contributed by atoms with Gasteiger partial charge in [0, 0.05) is 25.9 Å². The first-order valence-corrected chi connectivity index (χ1v) is 5.76. The molecule has 0 aliphatic carbocycles. The number of aliphatic hydroxyl groups is 1. The summed E-state index contributed by atoms with van der Waals surface area (Å²) in [5.74, 6) is 0.264. The second-order valence-electron chi connectivity index (χ2n) is 4.32. The second-order valence-corrected chi connectivity index (χ2v) is 4.32. The van der Waals surface area contributed by atoms with Crippen LogP contribution in [-0.4, -0.2) is 40.9 Å². The highest BCUT2D eigenvalue weighted by Gasteiger charge is 2.23. The molecule has 2 heterocycles. The average molecular weight is 236 g/mol. The van der Waals surface area contributed by atoms with E-state index in [4.69, 9.17) is 10.2 Å². The molecule has 2 rings (SSSR count). The zero-order valence-electron chi connectivity index (χ0n) is 9.54. The molecule has 1 aromatic heterocycles. The maximum atomic E-state index is 10.9. The standard InChI is InChI=1S/C12H16N2O3/c15-6-3-9-2-5-14(8-9)11-7-10(12(16)17)1-4-13-11/h1,4,7,9,15H,2-3,5-6,8H2,(H,16,17). The molecule has 5 nitrogen and oxygen atoms in total. The summed E-state index contributed by atoms with van der Waals surface area (Å²) in [4.78, 5) is 17.1. The van der Waals surface area contributed by atoms with E-state index < -0.39 is 5.97 Å². The smallest absolute Gasteiger partial charge is 0.335 e. The lowest BCUT2D eigenvalue weighted by molar-refractivity contribution is 0.0697. The highest BCUT2D eigenvalue weighted by molar-refractivity contribution is 5.88. The molecule has 1 atom stereocenters. The first-order chi connectivity index (χ1) is 8.20. The molecule has 1 saturated heterocycles. The summed E-state index contributed by atoms with van der Waals surface area (Å²) in [5, 5.41) is 17.8. The number of carboxylic acids is 1. The Morgan fingerprint density at radius 2 is 2.41 bits per heavy atom. The molecule has 5 heteroatoms. The van der Waals surface area contributed by atoms with Crippen molar-refractivity contribution in [2.24, 2.45) is 5.92 Å². The van der Waals surface area contributed by atoms with E-state index in [1.165, 1.54) is 12.3 Å². The number of nitrogens with zero attached hydrogens (tertiary/aromatic N) is 2. The molecule has 1 unspecified atom stereocenters. The van der Waals surface area contributed by atoms with Gasteiger partial charge in [0.1, 0.15) is 5.82 Å². The third kappa shape index (κ3) is 2.74. The third-order valence-electron chi connectivity index (χ3n) is 3.14. The number of rotatable bonds is 4. The lowest BCUT2D eigenvalue weighted by Gasteiger charge is -2.17. The number of pyridine rings is 1. The summed E-state index contributed by atoms with van der Waals surface area (Å²) in [6.45, 7) is 1.93. The van der Waals surface area contributed by atoms with Gasteiger partial charge in [0.25, 0.3) is 0 Å². The van der Waals surface area contributed by atoms with Crippen LogP contribution in [0.25, 0.3) is 0 Å². The first kappa shape index (κ1) is 11.9. The molecule has 2 N–H and O–H groups in total. The lowest BCUT2D eigenvalue weighted by atomic mass is 10.1. The van der Waals surface area contributed by atoms with Crippen molar-refractivity contribution in [3.8, 4) is 0 Å². The van der Waals surface area contributed by atoms with Crippen molar-refractivity contribution in [2.75, 3.05) is 24.6 Å². The van der Waals surface area contributed by atoms with Crippen LogP contribution in [0.2, 0.25) is 0 Å².